The molecule has 1 aromatic heterocycles. The van der Waals surface area contributed by atoms with E-state index in [0.717, 1.165) is 37.7 Å². The van der Waals surface area contributed by atoms with E-state index >= 15 is 0 Å². The fraction of sp³-hybridized carbons (Fsp3) is 0.636. The molecule has 88 valence electrons. The van der Waals surface area contributed by atoms with Crippen LogP contribution in [0.3, 0.4) is 0 Å². The molecule has 0 amide bonds. The van der Waals surface area contributed by atoms with Gasteiger partial charge < -0.3 is 4.90 Å². The van der Waals surface area contributed by atoms with Gasteiger partial charge in [-0.2, -0.15) is 0 Å². The van der Waals surface area contributed by atoms with Crippen LogP contribution in [-0.4, -0.2) is 54.3 Å². The van der Waals surface area contributed by atoms with Gasteiger partial charge in [0.1, 0.15) is 18.8 Å². The normalized spacial score (nSPS) is 17.8. The van der Waals surface area contributed by atoms with Crippen molar-refractivity contribution in [3.8, 4) is 0 Å². The van der Waals surface area contributed by atoms with E-state index in [4.69, 9.17) is 0 Å². The second kappa shape index (κ2) is 5.21. The van der Waals surface area contributed by atoms with Crippen LogP contribution in [0.4, 0.5) is 10.2 Å². The van der Waals surface area contributed by atoms with Crippen LogP contribution in [0.25, 0.3) is 0 Å². The van der Waals surface area contributed by atoms with Crippen molar-refractivity contribution >= 4 is 5.82 Å². The van der Waals surface area contributed by atoms with E-state index in [1.54, 1.807) is 6.33 Å². The third-order valence-electron chi connectivity index (χ3n) is 2.89. The third-order valence-corrected chi connectivity index (χ3v) is 2.89. The standard InChI is InChI=1S/C11H17FN4/c1-10-8-11(14-9-13-10)16-6-4-15(3-2-12)5-7-16/h8-9H,2-7H2,1H3. The highest BCUT2D eigenvalue weighted by atomic mass is 19.1. The van der Waals surface area contributed by atoms with Crippen LogP contribution in [0.5, 0.6) is 0 Å². The molecule has 0 N–H and O–H groups in total. The van der Waals surface area contributed by atoms with Crippen LogP contribution < -0.4 is 4.90 Å². The topological polar surface area (TPSA) is 32.3 Å². The van der Waals surface area contributed by atoms with Gasteiger partial charge in [-0.15, -0.1) is 0 Å². The highest BCUT2D eigenvalue weighted by Crippen LogP contribution is 2.13. The van der Waals surface area contributed by atoms with E-state index in [-0.39, 0.29) is 6.67 Å². The Morgan fingerprint density at radius 3 is 2.62 bits per heavy atom. The summed E-state index contributed by atoms with van der Waals surface area (Å²) < 4.78 is 12.2. The summed E-state index contributed by atoms with van der Waals surface area (Å²) in [6.45, 7) is 5.90. The largest absolute Gasteiger partial charge is 0.354 e. The summed E-state index contributed by atoms with van der Waals surface area (Å²) >= 11 is 0. The molecular weight excluding hydrogens is 207 g/mol. The number of piperazine rings is 1. The summed E-state index contributed by atoms with van der Waals surface area (Å²) in [5.41, 5.74) is 0.983. The monoisotopic (exact) mass is 224 g/mol. The Balaban J connectivity index is 1.94. The zero-order valence-corrected chi connectivity index (χ0v) is 9.56. The molecule has 1 aliphatic heterocycles. The number of hydrogen-bond donors (Lipinski definition) is 0. The van der Waals surface area contributed by atoms with Crippen molar-refractivity contribution in [3.05, 3.63) is 18.1 Å². The zero-order chi connectivity index (χ0) is 11.4. The molecule has 1 aliphatic rings. The number of nitrogens with zero attached hydrogens (tertiary/aromatic N) is 4. The van der Waals surface area contributed by atoms with Gasteiger partial charge in [-0.05, 0) is 6.92 Å². The first-order chi connectivity index (χ1) is 7.79. The SMILES string of the molecule is Cc1cc(N2CCN(CCF)CC2)ncn1. The van der Waals surface area contributed by atoms with Crippen molar-refractivity contribution in [2.75, 3.05) is 44.3 Å². The molecule has 0 atom stereocenters. The highest BCUT2D eigenvalue weighted by molar-refractivity contribution is 5.39. The van der Waals surface area contributed by atoms with Crippen LogP contribution in [0.1, 0.15) is 5.69 Å². The average molecular weight is 224 g/mol. The average Bonchev–Trinajstić information content (AvgIpc) is 2.30. The number of rotatable bonds is 3. The van der Waals surface area contributed by atoms with Gasteiger partial charge in [0.15, 0.2) is 0 Å². The molecule has 16 heavy (non-hydrogen) atoms. The molecule has 0 spiro atoms. The maximum absolute atomic E-state index is 12.2. The van der Waals surface area contributed by atoms with Gasteiger partial charge in [0, 0.05) is 44.5 Å². The minimum absolute atomic E-state index is 0.257. The van der Waals surface area contributed by atoms with Crippen LogP contribution in [0.15, 0.2) is 12.4 Å². The number of hydrogen-bond acceptors (Lipinski definition) is 4. The van der Waals surface area contributed by atoms with E-state index in [2.05, 4.69) is 19.8 Å². The van der Waals surface area contributed by atoms with Gasteiger partial charge in [0.2, 0.25) is 0 Å². The van der Waals surface area contributed by atoms with Gasteiger partial charge in [-0.3, -0.25) is 4.90 Å². The summed E-state index contributed by atoms with van der Waals surface area (Å²) in [5.74, 6) is 0.979. The van der Waals surface area contributed by atoms with Crippen molar-refractivity contribution < 1.29 is 4.39 Å². The van der Waals surface area contributed by atoms with Crippen LogP contribution in [0, 0.1) is 6.92 Å². The first-order valence-electron chi connectivity index (χ1n) is 5.61. The Hall–Kier alpha value is -1.23. The lowest BCUT2D eigenvalue weighted by molar-refractivity contribution is 0.235. The molecule has 4 nitrogen and oxygen atoms in total. The lowest BCUT2D eigenvalue weighted by Crippen LogP contribution is -2.47. The fourth-order valence-corrected chi connectivity index (χ4v) is 1.93. The second-order valence-corrected chi connectivity index (χ2v) is 4.04. The van der Waals surface area contributed by atoms with Crippen molar-refractivity contribution in [3.63, 3.8) is 0 Å². The molecule has 5 heteroatoms. The highest BCUT2D eigenvalue weighted by Gasteiger charge is 2.17. The summed E-state index contributed by atoms with van der Waals surface area (Å²) in [5, 5.41) is 0. The molecule has 0 aromatic carbocycles. The molecular formula is C11H17FN4. The van der Waals surface area contributed by atoms with Crippen molar-refractivity contribution in [2.45, 2.75) is 6.92 Å². The van der Waals surface area contributed by atoms with Crippen molar-refractivity contribution in [1.29, 1.82) is 0 Å². The Kier molecular flexibility index (Phi) is 3.66. The van der Waals surface area contributed by atoms with Crippen LogP contribution in [-0.2, 0) is 0 Å². The predicted molar refractivity (Wildman–Crippen MR) is 61.4 cm³/mol. The molecule has 0 aliphatic carbocycles. The van der Waals surface area contributed by atoms with E-state index in [1.165, 1.54) is 0 Å². The van der Waals surface area contributed by atoms with E-state index < -0.39 is 0 Å². The smallest absolute Gasteiger partial charge is 0.132 e. The van der Waals surface area contributed by atoms with Crippen LogP contribution in [0.2, 0.25) is 0 Å². The van der Waals surface area contributed by atoms with Gasteiger partial charge >= 0.3 is 0 Å². The summed E-state index contributed by atoms with van der Waals surface area (Å²) in [6, 6.07) is 1.99. The Morgan fingerprint density at radius 2 is 2.00 bits per heavy atom. The third kappa shape index (κ3) is 2.66. The Bertz CT molecular complexity index is 337. The van der Waals surface area contributed by atoms with E-state index in [0.29, 0.717) is 6.54 Å². The number of halogens is 1. The molecule has 1 aromatic rings. The number of anilines is 1. The summed E-state index contributed by atoms with van der Waals surface area (Å²) in [7, 11) is 0. The molecule has 0 unspecified atom stereocenters. The Labute approximate surface area is 95.1 Å². The number of aryl methyl sites for hydroxylation is 1. The van der Waals surface area contributed by atoms with Crippen molar-refractivity contribution in [1.82, 2.24) is 14.9 Å². The van der Waals surface area contributed by atoms with Gasteiger partial charge in [0.25, 0.3) is 0 Å². The number of alkyl halides is 1. The summed E-state index contributed by atoms with van der Waals surface area (Å²) in [6.07, 6.45) is 1.60. The lowest BCUT2D eigenvalue weighted by Gasteiger charge is -2.34. The number of aromatic nitrogens is 2. The molecule has 0 saturated carbocycles. The lowest BCUT2D eigenvalue weighted by atomic mass is 10.3. The molecule has 2 rings (SSSR count). The molecule has 0 bridgehead atoms. The quantitative estimate of drug-likeness (QED) is 0.763. The minimum Gasteiger partial charge on any atom is -0.354 e. The first-order valence-corrected chi connectivity index (χ1v) is 5.61. The van der Waals surface area contributed by atoms with Crippen molar-refractivity contribution in [2.24, 2.45) is 0 Å². The second-order valence-electron chi connectivity index (χ2n) is 4.04. The summed E-state index contributed by atoms with van der Waals surface area (Å²) in [4.78, 5) is 12.7. The first kappa shape index (κ1) is 11.3. The minimum atomic E-state index is -0.257. The van der Waals surface area contributed by atoms with E-state index in [1.807, 2.05) is 13.0 Å². The maximum atomic E-state index is 12.2. The molecule has 0 radical (unpaired) electrons. The van der Waals surface area contributed by atoms with Gasteiger partial charge in [0.05, 0.1) is 0 Å². The maximum Gasteiger partial charge on any atom is 0.132 e. The molecule has 2 heterocycles. The van der Waals surface area contributed by atoms with E-state index in [9.17, 15) is 4.39 Å². The predicted octanol–water partition coefficient (Wildman–Crippen LogP) is 0.877. The zero-order valence-electron chi connectivity index (χ0n) is 9.56. The fourth-order valence-electron chi connectivity index (χ4n) is 1.93. The van der Waals surface area contributed by atoms with Crippen LogP contribution >= 0.6 is 0 Å². The molecule has 1 saturated heterocycles. The van der Waals surface area contributed by atoms with Gasteiger partial charge in [-0.25, -0.2) is 14.4 Å². The molecule has 1 fully saturated rings. The Morgan fingerprint density at radius 1 is 1.25 bits per heavy atom. The van der Waals surface area contributed by atoms with Gasteiger partial charge in [-0.1, -0.05) is 0 Å².